The molecule has 0 aliphatic heterocycles. The lowest BCUT2D eigenvalue weighted by atomic mass is 10.2. The van der Waals surface area contributed by atoms with Gasteiger partial charge in [0.05, 0.1) is 0 Å². The third-order valence-electron chi connectivity index (χ3n) is 1.09. The molecular weight excluding hydrogens is 140 g/mol. The lowest BCUT2D eigenvalue weighted by Crippen LogP contribution is -1.73. The topological polar surface area (TPSA) is 34.1 Å². The maximum atomic E-state index is 9.68. The molecule has 0 unspecified atom stereocenters. The van der Waals surface area contributed by atoms with Crippen molar-refractivity contribution < 1.29 is 9.59 Å². The Kier molecular flexibility index (Phi) is 19.1. The molecule has 0 N–H and O–H groups in total. The fraction of sp³-hybridized carbons (Fsp3) is 0.778. The number of hydrogen-bond donors (Lipinski definition) is 0. The highest BCUT2D eigenvalue weighted by Gasteiger charge is 1.80. The van der Waals surface area contributed by atoms with Crippen molar-refractivity contribution in [2.75, 3.05) is 0 Å². The standard InChI is InChI=1S/C6H12O.C3H6O/c1-2-3-4-5-6-7;1-2-3-4/h6H,2-5H2,1H3;3H,2H2,1H3. The van der Waals surface area contributed by atoms with Crippen LogP contribution in [0.1, 0.15) is 46.0 Å². The first-order chi connectivity index (χ1) is 5.33. The molecule has 66 valence electrons. The van der Waals surface area contributed by atoms with E-state index in [2.05, 4.69) is 6.92 Å². The highest BCUT2D eigenvalue weighted by atomic mass is 16.1. The first-order valence-corrected chi connectivity index (χ1v) is 4.20. The molecule has 0 saturated carbocycles. The lowest BCUT2D eigenvalue weighted by Gasteiger charge is -1.85. The van der Waals surface area contributed by atoms with E-state index in [4.69, 9.17) is 0 Å². The van der Waals surface area contributed by atoms with Gasteiger partial charge in [-0.05, 0) is 6.42 Å². The molecule has 0 aliphatic rings. The Morgan fingerprint density at radius 2 is 1.55 bits per heavy atom. The molecule has 0 fully saturated rings. The third-order valence-corrected chi connectivity index (χ3v) is 1.09. The normalized spacial score (nSPS) is 7.82. The Hall–Kier alpha value is -0.660. The van der Waals surface area contributed by atoms with E-state index in [1.807, 2.05) is 6.92 Å². The summed E-state index contributed by atoms with van der Waals surface area (Å²) in [5, 5.41) is 0. The SMILES string of the molecule is CCC=O.CCCCCC=O. The zero-order valence-electron chi connectivity index (χ0n) is 7.51. The molecule has 0 aromatic rings. The summed E-state index contributed by atoms with van der Waals surface area (Å²) in [6.07, 6.45) is 6.70. The Morgan fingerprint density at radius 1 is 1.00 bits per heavy atom. The molecule has 2 nitrogen and oxygen atoms in total. The zero-order chi connectivity index (χ0) is 8.95. The maximum Gasteiger partial charge on any atom is 0.119 e. The number of carbonyl (C=O) groups excluding carboxylic acids is 2. The van der Waals surface area contributed by atoms with Gasteiger partial charge in [0.2, 0.25) is 0 Å². The Labute approximate surface area is 69.0 Å². The van der Waals surface area contributed by atoms with Gasteiger partial charge < -0.3 is 9.59 Å². The van der Waals surface area contributed by atoms with Crippen LogP contribution in [0.5, 0.6) is 0 Å². The molecule has 0 atom stereocenters. The summed E-state index contributed by atoms with van der Waals surface area (Å²) >= 11 is 0. The van der Waals surface area contributed by atoms with Crippen LogP contribution in [0.25, 0.3) is 0 Å². The lowest BCUT2D eigenvalue weighted by molar-refractivity contribution is -0.108. The smallest absolute Gasteiger partial charge is 0.119 e. The van der Waals surface area contributed by atoms with E-state index in [1.165, 1.54) is 12.8 Å². The van der Waals surface area contributed by atoms with Gasteiger partial charge in [-0.1, -0.05) is 26.7 Å². The molecule has 11 heavy (non-hydrogen) atoms. The van der Waals surface area contributed by atoms with E-state index >= 15 is 0 Å². The van der Waals surface area contributed by atoms with Gasteiger partial charge in [0, 0.05) is 12.8 Å². The van der Waals surface area contributed by atoms with Crippen LogP contribution in [0.3, 0.4) is 0 Å². The van der Waals surface area contributed by atoms with Gasteiger partial charge >= 0.3 is 0 Å². The second kappa shape index (κ2) is 16.2. The highest BCUT2D eigenvalue weighted by Crippen LogP contribution is 1.94. The summed E-state index contributed by atoms with van der Waals surface area (Å²) < 4.78 is 0. The fourth-order valence-electron chi connectivity index (χ4n) is 0.478. The van der Waals surface area contributed by atoms with E-state index < -0.39 is 0 Å². The largest absolute Gasteiger partial charge is 0.303 e. The maximum absolute atomic E-state index is 9.68. The van der Waals surface area contributed by atoms with Crippen molar-refractivity contribution in [3.8, 4) is 0 Å². The molecule has 0 saturated heterocycles. The van der Waals surface area contributed by atoms with Crippen LogP contribution in [0.15, 0.2) is 0 Å². The molecule has 0 amide bonds. The summed E-state index contributed by atoms with van der Waals surface area (Å²) in [5.74, 6) is 0. The number of unbranched alkanes of at least 4 members (excludes halogenated alkanes) is 3. The number of carbonyl (C=O) groups is 2. The van der Waals surface area contributed by atoms with Crippen molar-refractivity contribution in [2.24, 2.45) is 0 Å². The van der Waals surface area contributed by atoms with Crippen molar-refractivity contribution in [1.29, 1.82) is 0 Å². The quantitative estimate of drug-likeness (QED) is 0.454. The molecular formula is C9H18O2. The Balaban J connectivity index is 0. The minimum Gasteiger partial charge on any atom is -0.303 e. The zero-order valence-corrected chi connectivity index (χ0v) is 7.51. The van der Waals surface area contributed by atoms with Crippen LogP contribution < -0.4 is 0 Å². The fourth-order valence-corrected chi connectivity index (χ4v) is 0.478. The molecule has 0 aromatic carbocycles. The third kappa shape index (κ3) is 26.7. The second-order valence-corrected chi connectivity index (χ2v) is 2.24. The predicted octanol–water partition coefficient (Wildman–Crippen LogP) is 2.36. The van der Waals surface area contributed by atoms with Crippen molar-refractivity contribution in [1.82, 2.24) is 0 Å². The van der Waals surface area contributed by atoms with Gasteiger partial charge in [0.15, 0.2) is 0 Å². The highest BCUT2D eigenvalue weighted by molar-refractivity contribution is 5.48. The van der Waals surface area contributed by atoms with Crippen LogP contribution in [0.2, 0.25) is 0 Å². The van der Waals surface area contributed by atoms with E-state index in [0.717, 1.165) is 25.4 Å². The average Bonchev–Trinajstić information content (AvgIpc) is 2.06. The van der Waals surface area contributed by atoms with Gasteiger partial charge in [-0.2, -0.15) is 0 Å². The molecule has 0 bridgehead atoms. The Morgan fingerprint density at radius 3 is 1.82 bits per heavy atom. The first-order valence-electron chi connectivity index (χ1n) is 4.20. The summed E-state index contributed by atoms with van der Waals surface area (Å²) in [7, 11) is 0. The van der Waals surface area contributed by atoms with Gasteiger partial charge in [0.25, 0.3) is 0 Å². The second-order valence-electron chi connectivity index (χ2n) is 2.24. The molecule has 0 aliphatic carbocycles. The van der Waals surface area contributed by atoms with Crippen LogP contribution in [0, 0.1) is 0 Å². The average molecular weight is 158 g/mol. The van der Waals surface area contributed by atoms with Gasteiger partial charge in [0.1, 0.15) is 12.6 Å². The molecule has 0 heterocycles. The molecule has 0 rings (SSSR count). The summed E-state index contributed by atoms with van der Waals surface area (Å²) in [4.78, 5) is 18.9. The van der Waals surface area contributed by atoms with Crippen molar-refractivity contribution in [3.63, 3.8) is 0 Å². The predicted molar refractivity (Wildman–Crippen MR) is 46.6 cm³/mol. The number of hydrogen-bond acceptors (Lipinski definition) is 2. The van der Waals surface area contributed by atoms with Crippen LogP contribution in [0.4, 0.5) is 0 Å². The summed E-state index contributed by atoms with van der Waals surface area (Å²) in [6, 6.07) is 0. The van der Waals surface area contributed by atoms with Crippen LogP contribution >= 0.6 is 0 Å². The minimum atomic E-state index is 0.639. The van der Waals surface area contributed by atoms with Crippen molar-refractivity contribution in [2.45, 2.75) is 46.0 Å². The number of rotatable bonds is 5. The Bertz CT molecular complexity index is 79.6. The monoisotopic (exact) mass is 158 g/mol. The van der Waals surface area contributed by atoms with Gasteiger partial charge in [-0.3, -0.25) is 0 Å². The van der Waals surface area contributed by atoms with E-state index in [1.54, 1.807) is 0 Å². The van der Waals surface area contributed by atoms with Gasteiger partial charge in [-0.15, -0.1) is 0 Å². The van der Waals surface area contributed by atoms with Crippen LogP contribution in [-0.4, -0.2) is 12.6 Å². The summed E-state index contributed by atoms with van der Waals surface area (Å²) in [5.41, 5.74) is 0. The summed E-state index contributed by atoms with van der Waals surface area (Å²) in [6.45, 7) is 3.94. The van der Waals surface area contributed by atoms with E-state index in [-0.39, 0.29) is 0 Å². The first kappa shape index (κ1) is 13.0. The number of aldehydes is 2. The van der Waals surface area contributed by atoms with Gasteiger partial charge in [-0.25, -0.2) is 0 Å². The van der Waals surface area contributed by atoms with Crippen LogP contribution in [-0.2, 0) is 9.59 Å². The minimum absolute atomic E-state index is 0.639. The molecule has 0 spiro atoms. The van der Waals surface area contributed by atoms with E-state index in [9.17, 15) is 9.59 Å². The molecule has 0 aromatic heterocycles. The van der Waals surface area contributed by atoms with E-state index in [0.29, 0.717) is 6.42 Å². The van der Waals surface area contributed by atoms with Crippen molar-refractivity contribution in [3.05, 3.63) is 0 Å². The molecule has 2 heteroatoms. The van der Waals surface area contributed by atoms with Crippen molar-refractivity contribution >= 4 is 12.6 Å². The molecule has 0 radical (unpaired) electrons.